The second kappa shape index (κ2) is 3.99. The van der Waals surface area contributed by atoms with Gasteiger partial charge in [-0.25, -0.2) is 0 Å². The van der Waals surface area contributed by atoms with Gasteiger partial charge in [-0.15, -0.1) is 0 Å². The summed E-state index contributed by atoms with van der Waals surface area (Å²) in [5.74, 6) is 0.358. The van der Waals surface area contributed by atoms with Crippen LogP contribution in [-0.2, 0) is 4.79 Å². The van der Waals surface area contributed by atoms with Crippen molar-refractivity contribution in [1.29, 1.82) is 0 Å². The molecule has 0 aromatic carbocycles. The maximum atomic E-state index is 11.9. The van der Waals surface area contributed by atoms with Crippen molar-refractivity contribution in [3.63, 3.8) is 0 Å². The van der Waals surface area contributed by atoms with Crippen LogP contribution < -0.4 is 0 Å². The van der Waals surface area contributed by atoms with Crippen LogP contribution in [0.4, 0.5) is 0 Å². The highest BCUT2D eigenvalue weighted by Crippen LogP contribution is 2.33. The number of nitrogens with zero attached hydrogens (tertiary/aromatic N) is 1. The number of Topliss-reactive ketones (excluding diaryl/α,β-unsaturated/α-hetero) is 1. The van der Waals surface area contributed by atoms with Gasteiger partial charge < -0.3 is 4.90 Å². The molecule has 0 spiro atoms. The highest BCUT2D eigenvalue weighted by Gasteiger charge is 2.29. The van der Waals surface area contributed by atoms with Gasteiger partial charge in [0.1, 0.15) is 0 Å². The second-order valence-electron chi connectivity index (χ2n) is 5.49. The number of allylic oxidation sites excluding steroid dienone is 2. The Morgan fingerprint density at radius 1 is 1.20 bits per heavy atom. The molecule has 1 fully saturated rings. The molecule has 0 amide bonds. The lowest BCUT2D eigenvalue weighted by molar-refractivity contribution is -0.118. The number of piperidine rings is 1. The largest absolute Gasteiger partial charge is 0.369 e. The van der Waals surface area contributed by atoms with Crippen LogP contribution in [0.25, 0.3) is 0 Å². The number of carbonyl (C=O) groups excluding carboxylic acids is 1. The van der Waals surface area contributed by atoms with E-state index in [0.29, 0.717) is 5.78 Å². The van der Waals surface area contributed by atoms with Gasteiger partial charge >= 0.3 is 0 Å². The fraction of sp³-hybridized carbons (Fsp3) is 0.769. The van der Waals surface area contributed by atoms with E-state index < -0.39 is 0 Å². The summed E-state index contributed by atoms with van der Waals surface area (Å²) in [6, 6.07) is 0. The van der Waals surface area contributed by atoms with Gasteiger partial charge in [-0.3, -0.25) is 4.79 Å². The number of hydrogen-bond donors (Lipinski definition) is 0. The molecule has 15 heavy (non-hydrogen) atoms. The first kappa shape index (κ1) is 10.7. The molecule has 1 aliphatic carbocycles. The number of rotatable bonds is 1. The standard InChI is InChI=1S/C13H21NO/c1-13(2)7-6-12(15)11(10-13)14-8-4-3-5-9-14/h10H,3-9H2,1-2H3. The van der Waals surface area contributed by atoms with Gasteiger partial charge in [-0.2, -0.15) is 0 Å². The fourth-order valence-corrected chi connectivity index (χ4v) is 2.49. The molecule has 1 heterocycles. The molecule has 0 aromatic rings. The molecule has 2 nitrogen and oxygen atoms in total. The van der Waals surface area contributed by atoms with E-state index in [1.807, 2.05) is 0 Å². The lowest BCUT2D eigenvalue weighted by Gasteiger charge is -2.35. The lowest BCUT2D eigenvalue weighted by Crippen LogP contribution is -2.36. The Bertz CT molecular complexity index is 285. The third-order valence-electron chi connectivity index (χ3n) is 3.51. The Morgan fingerprint density at radius 3 is 2.53 bits per heavy atom. The summed E-state index contributed by atoms with van der Waals surface area (Å²) < 4.78 is 0. The van der Waals surface area contributed by atoms with Gasteiger partial charge in [0.25, 0.3) is 0 Å². The molecule has 0 radical (unpaired) electrons. The summed E-state index contributed by atoms with van der Waals surface area (Å²) in [5, 5.41) is 0. The normalized spacial score (nSPS) is 26.4. The zero-order valence-corrected chi connectivity index (χ0v) is 9.88. The van der Waals surface area contributed by atoms with E-state index in [1.54, 1.807) is 0 Å². The maximum Gasteiger partial charge on any atom is 0.178 e. The first-order valence-corrected chi connectivity index (χ1v) is 6.09. The molecule has 0 bridgehead atoms. The summed E-state index contributed by atoms with van der Waals surface area (Å²) in [7, 11) is 0. The van der Waals surface area contributed by atoms with Crippen molar-refractivity contribution >= 4 is 5.78 Å². The molecule has 0 atom stereocenters. The molecule has 0 unspecified atom stereocenters. The summed E-state index contributed by atoms with van der Waals surface area (Å²) >= 11 is 0. The SMILES string of the molecule is CC1(C)C=C(N2CCCCC2)C(=O)CC1. The maximum absolute atomic E-state index is 11.9. The highest BCUT2D eigenvalue weighted by atomic mass is 16.1. The fourth-order valence-electron chi connectivity index (χ4n) is 2.49. The summed E-state index contributed by atoms with van der Waals surface area (Å²) in [5.41, 5.74) is 1.21. The predicted molar refractivity (Wildman–Crippen MR) is 61.5 cm³/mol. The third kappa shape index (κ3) is 2.42. The van der Waals surface area contributed by atoms with E-state index in [4.69, 9.17) is 0 Å². The van der Waals surface area contributed by atoms with E-state index in [-0.39, 0.29) is 5.41 Å². The minimum Gasteiger partial charge on any atom is -0.369 e. The van der Waals surface area contributed by atoms with Crippen molar-refractivity contribution in [3.05, 3.63) is 11.8 Å². The van der Waals surface area contributed by atoms with Crippen LogP contribution in [-0.4, -0.2) is 23.8 Å². The second-order valence-corrected chi connectivity index (χ2v) is 5.49. The van der Waals surface area contributed by atoms with E-state index in [2.05, 4.69) is 24.8 Å². The molecule has 0 N–H and O–H groups in total. The van der Waals surface area contributed by atoms with Gasteiger partial charge in [0.05, 0.1) is 5.70 Å². The van der Waals surface area contributed by atoms with Crippen molar-refractivity contribution in [1.82, 2.24) is 4.90 Å². The van der Waals surface area contributed by atoms with E-state index in [1.165, 1.54) is 19.3 Å². The first-order valence-electron chi connectivity index (χ1n) is 6.09. The zero-order chi connectivity index (χ0) is 10.9. The summed E-state index contributed by atoms with van der Waals surface area (Å²) in [4.78, 5) is 14.2. The Balaban J connectivity index is 2.17. The van der Waals surface area contributed by atoms with E-state index in [9.17, 15) is 4.79 Å². The van der Waals surface area contributed by atoms with Crippen LogP contribution in [0.5, 0.6) is 0 Å². The molecule has 1 aliphatic heterocycles. The van der Waals surface area contributed by atoms with Crippen molar-refractivity contribution in [2.75, 3.05) is 13.1 Å². The Kier molecular flexibility index (Phi) is 2.85. The van der Waals surface area contributed by atoms with Crippen molar-refractivity contribution in [2.24, 2.45) is 5.41 Å². The van der Waals surface area contributed by atoms with E-state index >= 15 is 0 Å². The predicted octanol–water partition coefficient (Wildman–Crippen LogP) is 2.75. The van der Waals surface area contributed by atoms with Crippen LogP contribution >= 0.6 is 0 Å². The Morgan fingerprint density at radius 2 is 1.87 bits per heavy atom. The number of likely N-dealkylation sites (tertiary alicyclic amines) is 1. The Labute approximate surface area is 92.3 Å². The van der Waals surface area contributed by atoms with Crippen LogP contribution in [0.2, 0.25) is 0 Å². The van der Waals surface area contributed by atoms with Crippen LogP contribution in [0, 0.1) is 5.41 Å². The number of carbonyl (C=O) groups is 1. The molecule has 2 aliphatic rings. The molecule has 2 rings (SSSR count). The Hall–Kier alpha value is -0.790. The minimum atomic E-state index is 0.209. The molecule has 84 valence electrons. The molecule has 0 saturated carbocycles. The topological polar surface area (TPSA) is 20.3 Å². The molecule has 0 aromatic heterocycles. The number of ketones is 1. The monoisotopic (exact) mass is 207 g/mol. The number of hydrogen-bond acceptors (Lipinski definition) is 2. The molecular formula is C13H21NO. The van der Waals surface area contributed by atoms with Crippen molar-refractivity contribution in [2.45, 2.75) is 46.0 Å². The van der Waals surface area contributed by atoms with Gasteiger partial charge in [0.2, 0.25) is 0 Å². The first-order chi connectivity index (χ1) is 7.08. The molecular weight excluding hydrogens is 186 g/mol. The summed E-state index contributed by atoms with van der Waals surface area (Å²) in [6.07, 6.45) is 7.74. The van der Waals surface area contributed by atoms with Crippen molar-refractivity contribution < 1.29 is 4.79 Å². The van der Waals surface area contributed by atoms with Gasteiger partial charge in [-0.05, 0) is 31.1 Å². The average Bonchev–Trinajstić information content (AvgIpc) is 2.23. The van der Waals surface area contributed by atoms with Crippen LogP contribution in [0.3, 0.4) is 0 Å². The zero-order valence-electron chi connectivity index (χ0n) is 9.88. The minimum absolute atomic E-state index is 0.209. The van der Waals surface area contributed by atoms with Gasteiger partial charge in [0.15, 0.2) is 5.78 Å². The summed E-state index contributed by atoms with van der Waals surface area (Å²) in [6.45, 7) is 6.61. The van der Waals surface area contributed by atoms with Crippen LogP contribution in [0.15, 0.2) is 11.8 Å². The smallest absolute Gasteiger partial charge is 0.178 e. The average molecular weight is 207 g/mol. The third-order valence-corrected chi connectivity index (χ3v) is 3.51. The molecule has 2 heteroatoms. The van der Waals surface area contributed by atoms with Crippen LogP contribution in [0.1, 0.15) is 46.0 Å². The highest BCUT2D eigenvalue weighted by molar-refractivity contribution is 5.95. The van der Waals surface area contributed by atoms with Gasteiger partial charge in [0, 0.05) is 19.5 Å². The van der Waals surface area contributed by atoms with Gasteiger partial charge in [-0.1, -0.05) is 19.9 Å². The molecule has 1 saturated heterocycles. The van der Waals surface area contributed by atoms with Crippen molar-refractivity contribution in [3.8, 4) is 0 Å². The lowest BCUT2D eigenvalue weighted by atomic mass is 9.80. The quantitative estimate of drug-likeness (QED) is 0.659. The van der Waals surface area contributed by atoms with E-state index in [0.717, 1.165) is 31.6 Å².